The van der Waals surface area contributed by atoms with Gasteiger partial charge < -0.3 is 9.32 Å². The number of furan rings is 1. The second-order valence-corrected chi connectivity index (χ2v) is 6.74. The summed E-state index contributed by atoms with van der Waals surface area (Å²) in [4.78, 5) is 23.0. The van der Waals surface area contributed by atoms with Crippen LogP contribution in [0.4, 0.5) is 0 Å². The van der Waals surface area contributed by atoms with Crippen LogP contribution >= 0.6 is 11.3 Å². The molecule has 0 N–H and O–H groups in total. The lowest BCUT2D eigenvalue weighted by Gasteiger charge is -2.30. The zero-order valence-electron chi connectivity index (χ0n) is 13.1. The van der Waals surface area contributed by atoms with Crippen molar-refractivity contribution in [2.45, 2.75) is 18.8 Å². The Morgan fingerprint density at radius 1 is 1.21 bits per heavy atom. The quantitative estimate of drug-likeness (QED) is 0.728. The number of rotatable bonds is 3. The monoisotopic (exact) mass is 339 g/mol. The maximum absolute atomic E-state index is 12.3. The summed E-state index contributed by atoms with van der Waals surface area (Å²) >= 11 is 1.70. The highest BCUT2D eigenvalue weighted by atomic mass is 32.1. The highest BCUT2D eigenvalue weighted by molar-refractivity contribution is 7.10. The molecule has 1 fully saturated rings. The molecule has 4 heterocycles. The van der Waals surface area contributed by atoms with Crippen molar-refractivity contribution in [2.75, 3.05) is 13.1 Å². The van der Waals surface area contributed by atoms with E-state index in [0.29, 0.717) is 11.7 Å². The van der Waals surface area contributed by atoms with Crippen LogP contribution in [-0.2, 0) is 0 Å². The van der Waals surface area contributed by atoms with E-state index >= 15 is 0 Å². The lowest BCUT2D eigenvalue weighted by Crippen LogP contribution is -2.37. The van der Waals surface area contributed by atoms with E-state index in [2.05, 4.69) is 10.4 Å². The highest BCUT2D eigenvalue weighted by Gasteiger charge is 2.27. The lowest BCUT2D eigenvalue weighted by molar-refractivity contribution is 0.0681. The number of aromatic nitrogens is 2. The first-order chi connectivity index (χ1) is 11.8. The largest absolute Gasteiger partial charge is 0.459 e. The summed E-state index contributed by atoms with van der Waals surface area (Å²) in [6.45, 7) is 1.49. The second kappa shape index (κ2) is 6.57. The first-order valence-corrected chi connectivity index (χ1v) is 8.88. The number of hydrogen-bond acceptors (Lipinski definition) is 5. The van der Waals surface area contributed by atoms with E-state index in [4.69, 9.17) is 9.40 Å². The molecule has 24 heavy (non-hydrogen) atoms. The average molecular weight is 339 g/mol. The smallest absolute Gasteiger partial charge is 0.289 e. The van der Waals surface area contributed by atoms with E-state index in [9.17, 15) is 4.79 Å². The van der Waals surface area contributed by atoms with Crippen LogP contribution in [0, 0.1) is 0 Å². The molecule has 3 aromatic rings. The number of carbonyl (C=O) groups is 1. The van der Waals surface area contributed by atoms with Gasteiger partial charge in [0.15, 0.2) is 5.76 Å². The number of hydrogen-bond donors (Lipinski definition) is 0. The van der Waals surface area contributed by atoms with Crippen molar-refractivity contribution >= 4 is 17.2 Å². The summed E-state index contributed by atoms with van der Waals surface area (Å²) in [7, 11) is 0. The summed E-state index contributed by atoms with van der Waals surface area (Å²) in [6, 6.07) is 7.42. The van der Waals surface area contributed by atoms with Crippen molar-refractivity contribution in [3.63, 3.8) is 0 Å². The van der Waals surface area contributed by atoms with Gasteiger partial charge in [-0.05, 0) is 37.1 Å². The number of nitrogens with zero attached hydrogens (tertiary/aromatic N) is 3. The molecule has 5 nitrogen and oxygen atoms in total. The molecular formula is C18H17N3O2S. The topological polar surface area (TPSA) is 59.2 Å². The van der Waals surface area contributed by atoms with Crippen LogP contribution in [0.25, 0.3) is 11.3 Å². The first kappa shape index (κ1) is 15.1. The van der Waals surface area contributed by atoms with E-state index < -0.39 is 0 Å². The number of carbonyl (C=O) groups excluding carboxylic acids is 1. The van der Waals surface area contributed by atoms with Gasteiger partial charge in [0.05, 0.1) is 17.0 Å². The third-order valence-electron chi connectivity index (χ3n) is 4.36. The number of amides is 1. The Balaban J connectivity index is 1.41. The van der Waals surface area contributed by atoms with Crippen LogP contribution < -0.4 is 0 Å². The Morgan fingerprint density at radius 2 is 2.00 bits per heavy atom. The maximum atomic E-state index is 12.3. The van der Waals surface area contributed by atoms with Gasteiger partial charge in [0.2, 0.25) is 0 Å². The molecule has 122 valence electrons. The SMILES string of the molecule is O=C(c1ccco1)N1CCC(c2nc(-c3ccncc3)cs2)CC1. The fraction of sp³-hybridized carbons (Fsp3) is 0.278. The van der Waals surface area contributed by atoms with E-state index in [1.807, 2.05) is 17.0 Å². The fourth-order valence-electron chi connectivity index (χ4n) is 3.02. The standard InChI is InChI=1S/C18H17N3O2S/c22-18(16-2-1-11-23-16)21-9-5-14(6-10-21)17-20-15(12-24-17)13-3-7-19-8-4-13/h1-4,7-8,11-12,14H,5-6,9-10H2. The van der Waals surface area contributed by atoms with Crippen LogP contribution in [0.1, 0.15) is 34.3 Å². The minimum atomic E-state index is -0.0185. The van der Waals surface area contributed by atoms with Gasteiger partial charge in [0, 0.05) is 42.3 Å². The Kier molecular flexibility index (Phi) is 4.13. The molecule has 3 aromatic heterocycles. The molecule has 0 bridgehead atoms. The molecule has 0 radical (unpaired) electrons. The van der Waals surface area contributed by atoms with Crippen LogP contribution in [0.5, 0.6) is 0 Å². The van der Waals surface area contributed by atoms with E-state index in [-0.39, 0.29) is 5.91 Å². The van der Waals surface area contributed by atoms with E-state index in [1.165, 1.54) is 6.26 Å². The number of piperidine rings is 1. The molecule has 0 saturated carbocycles. The fourth-order valence-corrected chi connectivity index (χ4v) is 4.02. The van der Waals surface area contributed by atoms with E-state index in [0.717, 1.165) is 42.2 Å². The maximum Gasteiger partial charge on any atom is 0.289 e. The Labute approximate surface area is 144 Å². The van der Waals surface area contributed by atoms with E-state index in [1.54, 1.807) is 35.9 Å². The molecule has 1 amide bonds. The lowest BCUT2D eigenvalue weighted by atomic mass is 9.97. The Bertz CT molecular complexity index is 806. The van der Waals surface area contributed by atoms with Gasteiger partial charge in [-0.1, -0.05) is 0 Å². The Morgan fingerprint density at radius 3 is 2.71 bits per heavy atom. The van der Waals surface area contributed by atoms with Gasteiger partial charge in [-0.2, -0.15) is 0 Å². The van der Waals surface area contributed by atoms with Crippen LogP contribution in [0.3, 0.4) is 0 Å². The van der Waals surface area contributed by atoms with Gasteiger partial charge in [-0.15, -0.1) is 11.3 Å². The molecular weight excluding hydrogens is 322 g/mol. The summed E-state index contributed by atoms with van der Waals surface area (Å²) in [5.74, 6) is 0.823. The third-order valence-corrected chi connectivity index (χ3v) is 5.37. The number of pyridine rings is 1. The molecule has 0 atom stereocenters. The minimum absolute atomic E-state index is 0.0185. The van der Waals surface area contributed by atoms with Crippen LogP contribution in [-0.4, -0.2) is 33.9 Å². The Hall–Kier alpha value is -2.47. The number of thiazole rings is 1. The molecule has 1 saturated heterocycles. The average Bonchev–Trinajstić information content (AvgIpc) is 3.34. The van der Waals surface area contributed by atoms with Crippen molar-refractivity contribution in [1.82, 2.24) is 14.9 Å². The summed E-state index contributed by atoms with van der Waals surface area (Å²) in [5.41, 5.74) is 2.10. The van der Waals surface area contributed by atoms with Gasteiger partial charge in [0.25, 0.3) is 5.91 Å². The summed E-state index contributed by atoms with van der Waals surface area (Å²) in [6.07, 6.45) is 6.99. The van der Waals surface area contributed by atoms with Gasteiger partial charge >= 0.3 is 0 Å². The summed E-state index contributed by atoms with van der Waals surface area (Å²) < 4.78 is 5.21. The van der Waals surface area contributed by atoms with Crippen molar-refractivity contribution < 1.29 is 9.21 Å². The zero-order valence-corrected chi connectivity index (χ0v) is 13.9. The first-order valence-electron chi connectivity index (χ1n) is 8.00. The minimum Gasteiger partial charge on any atom is -0.459 e. The molecule has 0 aromatic carbocycles. The number of likely N-dealkylation sites (tertiary alicyclic amines) is 1. The molecule has 6 heteroatoms. The molecule has 0 spiro atoms. The van der Waals surface area contributed by atoms with Gasteiger partial charge in [-0.25, -0.2) is 4.98 Å². The molecule has 1 aliphatic rings. The normalized spacial score (nSPS) is 15.6. The third kappa shape index (κ3) is 2.97. The van der Waals surface area contributed by atoms with Gasteiger partial charge in [0.1, 0.15) is 0 Å². The molecule has 0 aliphatic carbocycles. The zero-order chi connectivity index (χ0) is 16.4. The van der Waals surface area contributed by atoms with Crippen molar-refractivity contribution in [3.05, 3.63) is 59.1 Å². The van der Waals surface area contributed by atoms with Gasteiger partial charge in [-0.3, -0.25) is 9.78 Å². The predicted molar refractivity (Wildman–Crippen MR) is 91.9 cm³/mol. The molecule has 4 rings (SSSR count). The molecule has 0 unspecified atom stereocenters. The van der Waals surface area contributed by atoms with Crippen LogP contribution in [0.15, 0.2) is 52.7 Å². The second-order valence-electron chi connectivity index (χ2n) is 5.85. The van der Waals surface area contributed by atoms with Crippen molar-refractivity contribution in [3.8, 4) is 11.3 Å². The summed E-state index contributed by atoms with van der Waals surface area (Å²) in [5, 5.41) is 3.26. The highest BCUT2D eigenvalue weighted by Crippen LogP contribution is 2.33. The predicted octanol–water partition coefficient (Wildman–Crippen LogP) is 3.82. The van der Waals surface area contributed by atoms with Crippen molar-refractivity contribution in [2.24, 2.45) is 0 Å². The molecule has 1 aliphatic heterocycles. The van der Waals surface area contributed by atoms with Crippen LogP contribution in [0.2, 0.25) is 0 Å². The van der Waals surface area contributed by atoms with Crippen molar-refractivity contribution in [1.29, 1.82) is 0 Å².